The summed E-state index contributed by atoms with van der Waals surface area (Å²) in [6, 6.07) is 5.89. The molecule has 5 heteroatoms. The Morgan fingerprint density at radius 1 is 1.24 bits per heavy atom. The Bertz CT molecular complexity index is 438. The van der Waals surface area contributed by atoms with Crippen LogP contribution in [-0.2, 0) is 11.3 Å². The Kier molecular flexibility index (Phi) is 6.29. The first-order valence-electron chi connectivity index (χ1n) is 7.46. The maximum absolute atomic E-state index is 9.89. The van der Waals surface area contributed by atoms with Crippen molar-refractivity contribution in [1.82, 2.24) is 5.32 Å². The van der Waals surface area contributed by atoms with Crippen molar-refractivity contribution < 1.29 is 19.3 Å². The van der Waals surface area contributed by atoms with Gasteiger partial charge in [0.15, 0.2) is 11.5 Å². The molecule has 0 aliphatic heterocycles. The summed E-state index contributed by atoms with van der Waals surface area (Å²) in [7, 11) is 3.32. The zero-order valence-corrected chi connectivity index (χ0v) is 12.8. The molecular formula is C16H25NO4. The minimum Gasteiger partial charge on any atom is -0.493 e. The molecule has 0 aromatic heterocycles. The number of aliphatic hydroxyl groups is 1. The molecular weight excluding hydrogens is 270 g/mol. The fourth-order valence-electron chi connectivity index (χ4n) is 2.54. The Balaban J connectivity index is 1.99. The normalized spacial score (nSPS) is 21.5. The fraction of sp³-hybridized carbons (Fsp3) is 0.625. The summed E-state index contributed by atoms with van der Waals surface area (Å²) < 4.78 is 16.3. The molecule has 0 spiro atoms. The van der Waals surface area contributed by atoms with Crippen molar-refractivity contribution >= 4 is 0 Å². The smallest absolute Gasteiger partial charge is 0.162 e. The molecule has 0 amide bonds. The van der Waals surface area contributed by atoms with Gasteiger partial charge in [-0.3, -0.25) is 0 Å². The third-order valence-electron chi connectivity index (χ3n) is 3.74. The highest BCUT2D eigenvalue weighted by atomic mass is 16.5. The van der Waals surface area contributed by atoms with Crippen molar-refractivity contribution in [3.63, 3.8) is 0 Å². The van der Waals surface area contributed by atoms with Gasteiger partial charge in [0.05, 0.1) is 19.8 Å². The first-order chi connectivity index (χ1) is 10.2. The minimum atomic E-state index is -0.377. The standard InChI is InChI=1S/C16H25NO4/c1-19-9-8-17-11-12-6-7-15(20-2)16(10-12)21-14-5-3-4-13(14)18/h6-7,10,13-14,17-18H,3-5,8-9,11H2,1-2H3. The second-order valence-electron chi connectivity index (χ2n) is 5.31. The monoisotopic (exact) mass is 295 g/mol. The van der Waals surface area contributed by atoms with Gasteiger partial charge in [0, 0.05) is 20.2 Å². The van der Waals surface area contributed by atoms with Gasteiger partial charge in [-0.25, -0.2) is 0 Å². The van der Waals surface area contributed by atoms with Gasteiger partial charge in [0.25, 0.3) is 0 Å². The lowest BCUT2D eigenvalue weighted by Gasteiger charge is -2.19. The number of aliphatic hydroxyl groups excluding tert-OH is 1. The summed E-state index contributed by atoms with van der Waals surface area (Å²) in [6.07, 6.45) is 2.20. The van der Waals surface area contributed by atoms with Crippen LogP contribution < -0.4 is 14.8 Å². The van der Waals surface area contributed by atoms with Crippen LogP contribution >= 0.6 is 0 Å². The predicted octanol–water partition coefficient (Wildman–Crippen LogP) is 1.72. The molecule has 0 heterocycles. The van der Waals surface area contributed by atoms with Crippen molar-refractivity contribution in [3.8, 4) is 11.5 Å². The van der Waals surface area contributed by atoms with E-state index < -0.39 is 0 Å². The van der Waals surface area contributed by atoms with Crippen LogP contribution in [0.2, 0.25) is 0 Å². The van der Waals surface area contributed by atoms with E-state index in [1.807, 2.05) is 18.2 Å². The van der Waals surface area contributed by atoms with E-state index >= 15 is 0 Å². The van der Waals surface area contributed by atoms with Gasteiger partial charge in [0.1, 0.15) is 6.10 Å². The summed E-state index contributed by atoms with van der Waals surface area (Å²) in [5, 5.41) is 13.2. The van der Waals surface area contributed by atoms with E-state index in [1.54, 1.807) is 14.2 Å². The zero-order valence-electron chi connectivity index (χ0n) is 12.8. The molecule has 1 aromatic rings. The van der Waals surface area contributed by atoms with Crippen molar-refractivity contribution in [2.45, 2.75) is 38.0 Å². The highest BCUT2D eigenvalue weighted by Gasteiger charge is 2.27. The molecule has 2 unspecified atom stereocenters. The second-order valence-corrected chi connectivity index (χ2v) is 5.31. The molecule has 2 N–H and O–H groups in total. The van der Waals surface area contributed by atoms with Crippen molar-refractivity contribution in [2.75, 3.05) is 27.4 Å². The molecule has 1 aliphatic carbocycles. The van der Waals surface area contributed by atoms with E-state index in [0.29, 0.717) is 18.1 Å². The summed E-state index contributed by atoms with van der Waals surface area (Å²) in [5.74, 6) is 1.41. The maximum atomic E-state index is 9.89. The zero-order chi connectivity index (χ0) is 15.1. The highest BCUT2D eigenvalue weighted by molar-refractivity contribution is 5.43. The molecule has 1 saturated carbocycles. The van der Waals surface area contributed by atoms with Crippen LogP contribution in [0.5, 0.6) is 11.5 Å². The molecule has 1 aromatic carbocycles. The fourth-order valence-corrected chi connectivity index (χ4v) is 2.54. The van der Waals surface area contributed by atoms with Crippen LogP contribution in [0.1, 0.15) is 24.8 Å². The topological polar surface area (TPSA) is 60.0 Å². The van der Waals surface area contributed by atoms with Crippen molar-refractivity contribution in [3.05, 3.63) is 23.8 Å². The van der Waals surface area contributed by atoms with E-state index in [1.165, 1.54) is 0 Å². The Labute approximate surface area is 126 Å². The molecule has 5 nitrogen and oxygen atoms in total. The minimum absolute atomic E-state index is 0.129. The van der Waals surface area contributed by atoms with Crippen molar-refractivity contribution in [1.29, 1.82) is 0 Å². The van der Waals surface area contributed by atoms with E-state index in [9.17, 15) is 5.11 Å². The first-order valence-corrected chi connectivity index (χ1v) is 7.46. The summed E-state index contributed by atoms with van der Waals surface area (Å²) in [4.78, 5) is 0. The average molecular weight is 295 g/mol. The SMILES string of the molecule is COCCNCc1ccc(OC)c(OC2CCCC2O)c1. The van der Waals surface area contributed by atoms with Crippen LogP contribution in [0.25, 0.3) is 0 Å². The van der Waals surface area contributed by atoms with Crippen molar-refractivity contribution in [2.24, 2.45) is 0 Å². The molecule has 21 heavy (non-hydrogen) atoms. The quantitative estimate of drug-likeness (QED) is 0.715. The number of methoxy groups -OCH3 is 2. The van der Waals surface area contributed by atoms with Gasteiger partial charge in [0.2, 0.25) is 0 Å². The van der Waals surface area contributed by atoms with Gasteiger partial charge < -0.3 is 24.6 Å². The number of nitrogens with one attached hydrogen (secondary N) is 1. The van der Waals surface area contributed by atoms with Crippen LogP contribution in [0.15, 0.2) is 18.2 Å². The maximum Gasteiger partial charge on any atom is 0.162 e. The number of benzene rings is 1. The highest BCUT2D eigenvalue weighted by Crippen LogP contribution is 2.32. The molecule has 2 rings (SSSR count). The Morgan fingerprint density at radius 2 is 2.10 bits per heavy atom. The number of rotatable bonds is 8. The van der Waals surface area contributed by atoms with Crippen LogP contribution in [0, 0.1) is 0 Å². The van der Waals surface area contributed by atoms with Gasteiger partial charge in [-0.1, -0.05) is 6.07 Å². The molecule has 0 radical (unpaired) electrons. The van der Waals surface area contributed by atoms with Gasteiger partial charge in [-0.2, -0.15) is 0 Å². The summed E-state index contributed by atoms with van der Waals surface area (Å²) in [5.41, 5.74) is 1.12. The number of hydrogen-bond acceptors (Lipinski definition) is 5. The largest absolute Gasteiger partial charge is 0.493 e. The predicted molar refractivity (Wildman–Crippen MR) is 80.9 cm³/mol. The second kappa shape index (κ2) is 8.22. The molecule has 0 saturated heterocycles. The van der Waals surface area contributed by atoms with E-state index in [-0.39, 0.29) is 12.2 Å². The van der Waals surface area contributed by atoms with Crippen LogP contribution in [0.4, 0.5) is 0 Å². The molecule has 0 bridgehead atoms. The summed E-state index contributed by atoms with van der Waals surface area (Å²) in [6.45, 7) is 2.24. The van der Waals surface area contributed by atoms with Crippen LogP contribution in [0.3, 0.4) is 0 Å². The average Bonchev–Trinajstić information content (AvgIpc) is 2.89. The molecule has 118 valence electrons. The third kappa shape index (κ3) is 4.59. The lowest BCUT2D eigenvalue weighted by atomic mass is 10.2. The third-order valence-corrected chi connectivity index (χ3v) is 3.74. The lowest BCUT2D eigenvalue weighted by molar-refractivity contribution is 0.0585. The summed E-state index contributed by atoms with van der Waals surface area (Å²) >= 11 is 0. The van der Waals surface area contributed by atoms with Gasteiger partial charge in [-0.05, 0) is 37.0 Å². The Morgan fingerprint density at radius 3 is 2.76 bits per heavy atom. The van der Waals surface area contributed by atoms with E-state index in [2.05, 4.69) is 5.32 Å². The van der Waals surface area contributed by atoms with Gasteiger partial charge in [-0.15, -0.1) is 0 Å². The van der Waals surface area contributed by atoms with E-state index in [4.69, 9.17) is 14.2 Å². The van der Waals surface area contributed by atoms with E-state index in [0.717, 1.165) is 37.9 Å². The van der Waals surface area contributed by atoms with Gasteiger partial charge >= 0.3 is 0 Å². The number of hydrogen-bond donors (Lipinski definition) is 2. The molecule has 1 fully saturated rings. The number of ether oxygens (including phenoxy) is 3. The Hall–Kier alpha value is -1.30. The van der Waals surface area contributed by atoms with Crippen LogP contribution in [-0.4, -0.2) is 44.7 Å². The first kappa shape index (κ1) is 16.1. The molecule has 2 atom stereocenters. The lowest BCUT2D eigenvalue weighted by Crippen LogP contribution is -2.26. The molecule has 1 aliphatic rings.